The van der Waals surface area contributed by atoms with Crippen molar-refractivity contribution < 1.29 is 14.3 Å². The van der Waals surface area contributed by atoms with Gasteiger partial charge in [0.05, 0.1) is 31.1 Å². The van der Waals surface area contributed by atoms with E-state index < -0.39 is 12.1 Å². The van der Waals surface area contributed by atoms with Crippen molar-refractivity contribution in [3.05, 3.63) is 40.0 Å². The molecule has 0 aliphatic heterocycles. The summed E-state index contributed by atoms with van der Waals surface area (Å²) < 4.78 is 7.55. The molecule has 5 rings (SSSR count). The van der Waals surface area contributed by atoms with Gasteiger partial charge in [0.15, 0.2) is 10.8 Å². The number of imidazole rings is 1. The van der Waals surface area contributed by atoms with Gasteiger partial charge in [-0.05, 0) is 37.7 Å². The van der Waals surface area contributed by atoms with Crippen molar-refractivity contribution in [1.82, 2.24) is 45.3 Å². The predicted octanol–water partition coefficient (Wildman–Crippen LogP) is 4.29. The number of thiazole rings is 1. The van der Waals surface area contributed by atoms with Crippen LogP contribution in [0.5, 0.6) is 0 Å². The minimum atomic E-state index is -0.529. The number of H-pyrrole nitrogens is 1. The molecule has 0 spiro atoms. The lowest BCUT2D eigenvalue weighted by molar-refractivity contribution is 0.0919. The number of halogens is 1. The van der Waals surface area contributed by atoms with E-state index in [0.717, 1.165) is 36.1 Å². The van der Waals surface area contributed by atoms with Gasteiger partial charge in [-0.15, -0.1) is 0 Å². The first-order valence-electron chi connectivity index (χ1n) is 12.3. The molecule has 1 aliphatic carbocycles. The Morgan fingerprint density at radius 2 is 2.08 bits per heavy atom. The Bertz CT molecular complexity index is 1440. The number of carbonyl (C=O) groups is 2. The van der Waals surface area contributed by atoms with Crippen LogP contribution in [0.2, 0.25) is 4.34 Å². The molecular formula is C24H28ClN9O3S. The highest BCUT2D eigenvalue weighted by Gasteiger charge is 2.32. The Morgan fingerprint density at radius 1 is 1.24 bits per heavy atom. The number of nitrogens with zero attached hydrogens (tertiary/aromatic N) is 6. The summed E-state index contributed by atoms with van der Waals surface area (Å²) in [5.74, 6) is 1.05. The Kier molecular flexibility index (Phi) is 7.56. The highest BCUT2D eigenvalue weighted by atomic mass is 35.5. The van der Waals surface area contributed by atoms with E-state index in [1.165, 1.54) is 19.6 Å². The van der Waals surface area contributed by atoms with Crippen molar-refractivity contribution in [3.63, 3.8) is 0 Å². The first-order chi connectivity index (χ1) is 18.3. The summed E-state index contributed by atoms with van der Waals surface area (Å²) in [6.07, 6.45) is 7.42. The monoisotopic (exact) mass is 557 g/mol. The van der Waals surface area contributed by atoms with Gasteiger partial charge in [-0.1, -0.05) is 36.8 Å². The fourth-order valence-corrected chi connectivity index (χ4v) is 5.75. The summed E-state index contributed by atoms with van der Waals surface area (Å²) >= 11 is 7.13. The van der Waals surface area contributed by atoms with Gasteiger partial charge in [0.1, 0.15) is 27.7 Å². The fourth-order valence-electron chi connectivity index (χ4n) is 4.93. The molecule has 1 fully saturated rings. The zero-order chi connectivity index (χ0) is 26.8. The third-order valence-electron chi connectivity index (χ3n) is 6.68. The third-order valence-corrected chi connectivity index (χ3v) is 7.80. The number of fused-ring (bicyclic) bond motifs is 1. The maximum Gasteiger partial charge on any atom is 0.407 e. The van der Waals surface area contributed by atoms with E-state index in [0.29, 0.717) is 38.6 Å². The zero-order valence-corrected chi connectivity index (χ0v) is 22.7. The van der Waals surface area contributed by atoms with Crippen LogP contribution in [0.3, 0.4) is 0 Å². The van der Waals surface area contributed by atoms with E-state index in [9.17, 15) is 9.59 Å². The lowest BCUT2D eigenvalue weighted by atomic mass is 9.90. The maximum atomic E-state index is 12.8. The molecule has 1 saturated carbocycles. The summed E-state index contributed by atoms with van der Waals surface area (Å²) in [5.41, 5.74) is 2.19. The van der Waals surface area contributed by atoms with Gasteiger partial charge in [-0.25, -0.2) is 19.7 Å². The number of carbonyl (C=O) groups excluding carboxylic acids is 2. The van der Waals surface area contributed by atoms with E-state index in [2.05, 4.69) is 40.3 Å². The van der Waals surface area contributed by atoms with Gasteiger partial charge in [0.25, 0.3) is 5.91 Å². The van der Waals surface area contributed by atoms with Crippen LogP contribution in [-0.4, -0.2) is 59.9 Å². The molecular weight excluding hydrogens is 530 g/mol. The molecule has 3 atom stereocenters. The van der Waals surface area contributed by atoms with Crippen LogP contribution in [0.25, 0.3) is 22.6 Å². The topological polar surface area (TPSA) is 153 Å². The Hall–Kier alpha value is -3.58. The van der Waals surface area contributed by atoms with Crippen molar-refractivity contribution in [2.24, 2.45) is 5.92 Å². The van der Waals surface area contributed by atoms with Gasteiger partial charge >= 0.3 is 6.09 Å². The predicted molar refractivity (Wildman–Crippen MR) is 142 cm³/mol. The normalized spacial score (nSPS) is 18.4. The molecule has 12 nitrogen and oxygen atoms in total. The molecule has 38 heavy (non-hydrogen) atoms. The number of nitrogens with one attached hydrogen (secondary N) is 3. The van der Waals surface area contributed by atoms with Crippen LogP contribution in [-0.2, 0) is 4.74 Å². The summed E-state index contributed by atoms with van der Waals surface area (Å²) in [6, 6.07) is 1.48. The maximum absolute atomic E-state index is 12.8. The average Bonchev–Trinajstić information content (AvgIpc) is 3.66. The summed E-state index contributed by atoms with van der Waals surface area (Å²) in [6.45, 7) is 4.04. The number of pyridine rings is 1. The summed E-state index contributed by atoms with van der Waals surface area (Å²) in [5, 5.41) is 13.2. The lowest BCUT2D eigenvalue weighted by Gasteiger charge is -2.33. The van der Waals surface area contributed by atoms with Crippen LogP contribution in [0.15, 0.2) is 24.8 Å². The van der Waals surface area contributed by atoms with E-state index in [1.54, 1.807) is 6.20 Å². The number of hydrogen-bond acceptors (Lipinski definition) is 9. The standard InChI is InChI=1S/C24H28ClN9O3S/c1-12(2)19(32-24(36)37-3)21-31-16-9-26-15(20-28-11-29-33-20)8-17(16)34(21)14-6-4-5-13(7-14)30-22(35)23-27-10-18(25)38-23/h8-14,19H,4-7H2,1-3H3,(H,30,35)(H,32,36)(H,28,29,33)/t13-,14+,19-/m0/s1. The molecule has 200 valence electrons. The van der Waals surface area contributed by atoms with Crippen molar-refractivity contribution in [3.8, 4) is 11.5 Å². The molecule has 0 saturated heterocycles. The highest BCUT2D eigenvalue weighted by Crippen LogP contribution is 2.37. The zero-order valence-electron chi connectivity index (χ0n) is 21.1. The Balaban J connectivity index is 1.53. The number of alkyl carbamates (subject to hydrolysis) is 1. The van der Waals surface area contributed by atoms with E-state index in [1.807, 2.05) is 19.9 Å². The molecule has 4 aromatic rings. The molecule has 4 aromatic heterocycles. The highest BCUT2D eigenvalue weighted by molar-refractivity contribution is 7.17. The fraction of sp³-hybridized carbons (Fsp3) is 0.458. The second kappa shape index (κ2) is 11.0. The second-order valence-electron chi connectivity index (χ2n) is 9.55. The number of rotatable bonds is 7. The number of ether oxygens (including phenoxy) is 1. The van der Waals surface area contributed by atoms with Gasteiger partial charge in [-0.3, -0.25) is 14.9 Å². The Morgan fingerprint density at radius 3 is 2.76 bits per heavy atom. The third kappa shape index (κ3) is 5.34. The van der Waals surface area contributed by atoms with Crippen molar-refractivity contribution >= 4 is 46.0 Å². The SMILES string of the molecule is COC(=O)N[C@H](c1nc2cnc(-c3ncn[nH]3)cc2n1[C@@H]1CCC[C@H](NC(=O)c2ncc(Cl)s2)C1)C(C)C. The Labute approximate surface area is 227 Å². The number of methoxy groups -OCH3 is 1. The minimum absolute atomic E-state index is 0.0135. The number of hydrogen-bond donors (Lipinski definition) is 3. The summed E-state index contributed by atoms with van der Waals surface area (Å²) in [4.78, 5) is 42.9. The number of amides is 2. The van der Waals surface area contributed by atoms with E-state index in [4.69, 9.17) is 21.3 Å². The van der Waals surface area contributed by atoms with Crippen molar-refractivity contribution in [2.45, 2.75) is 57.7 Å². The van der Waals surface area contributed by atoms with E-state index >= 15 is 0 Å². The van der Waals surface area contributed by atoms with Gasteiger partial charge < -0.3 is 19.9 Å². The van der Waals surface area contributed by atoms with E-state index in [-0.39, 0.29) is 23.9 Å². The molecule has 14 heteroatoms. The van der Waals surface area contributed by atoms with Crippen molar-refractivity contribution in [2.75, 3.05) is 7.11 Å². The molecule has 0 unspecified atom stereocenters. The quantitative estimate of drug-likeness (QED) is 0.304. The number of aromatic amines is 1. The summed E-state index contributed by atoms with van der Waals surface area (Å²) in [7, 11) is 1.34. The molecule has 4 heterocycles. The van der Waals surface area contributed by atoms with Gasteiger partial charge in [-0.2, -0.15) is 5.10 Å². The first kappa shape index (κ1) is 26.0. The number of aromatic nitrogens is 7. The molecule has 3 N–H and O–H groups in total. The average molecular weight is 558 g/mol. The van der Waals surface area contributed by atoms with Crippen LogP contribution in [0, 0.1) is 5.92 Å². The van der Waals surface area contributed by atoms with Crippen LogP contribution >= 0.6 is 22.9 Å². The first-order valence-corrected chi connectivity index (χ1v) is 13.5. The molecule has 2 amide bonds. The smallest absolute Gasteiger partial charge is 0.407 e. The van der Waals surface area contributed by atoms with Crippen molar-refractivity contribution in [1.29, 1.82) is 0 Å². The molecule has 0 aromatic carbocycles. The second-order valence-corrected chi connectivity index (χ2v) is 11.2. The van der Waals surface area contributed by atoms with Crippen LogP contribution in [0.4, 0.5) is 4.79 Å². The van der Waals surface area contributed by atoms with Crippen LogP contribution in [0.1, 0.15) is 67.2 Å². The van der Waals surface area contributed by atoms with Crippen LogP contribution < -0.4 is 10.6 Å². The lowest BCUT2D eigenvalue weighted by Crippen LogP contribution is -2.40. The molecule has 0 bridgehead atoms. The molecule has 0 radical (unpaired) electrons. The van der Waals surface area contributed by atoms with Gasteiger partial charge in [0, 0.05) is 12.1 Å². The minimum Gasteiger partial charge on any atom is -0.453 e. The largest absolute Gasteiger partial charge is 0.453 e. The molecule has 1 aliphatic rings. The van der Waals surface area contributed by atoms with Gasteiger partial charge in [0.2, 0.25) is 0 Å².